The van der Waals surface area contributed by atoms with Gasteiger partial charge in [-0.25, -0.2) is 0 Å². The minimum absolute atomic E-state index is 0.0728. The number of nitrogens with zero attached hydrogens (tertiary/aromatic N) is 4. The van der Waals surface area contributed by atoms with Crippen molar-refractivity contribution in [3.63, 3.8) is 0 Å². The lowest BCUT2D eigenvalue weighted by molar-refractivity contribution is -0.113. The van der Waals surface area contributed by atoms with E-state index in [0.717, 1.165) is 28.6 Å². The van der Waals surface area contributed by atoms with Crippen LogP contribution in [0.4, 0.5) is 5.69 Å². The first-order valence-corrected chi connectivity index (χ1v) is 9.98. The van der Waals surface area contributed by atoms with Crippen LogP contribution < -0.4 is 5.32 Å². The van der Waals surface area contributed by atoms with Gasteiger partial charge in [-0.3, -0.25) is 4.79 Å². The van der Waals surface area contributed by atoms with E-state index >= 15 is 0 Å². The maximum atomic E-state index is 12.3. The molecule has 1 aromatic heterocycles. The molecule has 2 aromatic rings. The number of hydrogen-bond acceptors (Lipinski definition) is 6. The van der Waals surface area contributed by atoms with Gasteiger partial charge in [-0.15, -0.1) is 22.0 Å². The first-order chi connectivity index (χ1) is 12.2. The Bertz CT molecular complexity index is 781. The van der Waals surface area contributed by atoms with Crippen LogP contribution in [0, 0.1) is 11.3 Å². The molecular formula is C17H19N5OS2. The molecule has 1 aromatic carbocycles. The monoisotopic (exact) mass is 373 g/mol. The molecule has 0 aliphatic heterocycles. The van der Waals surface area contributed by atoms with Gasteiger partial charge in [0.25, 0.3) is 0 Å². The summed E-state index contributed by atoms with van der Waals surface area (Å²) in [4.78, 5) is 13.3. The smallest absolute Gasteiger partial charge is 0.234 e. The van der Waals surface area contributed by atoms with E-state index in [9.17, 15) is 4.79 Å². The number of benzene rings is 1. The Morgan fingerprint density at radius 3 is 3.04 bits per heavy atom. The third-order valence-electron chi connectivity index (χ3n) is 3.68. The fraction of sp³-hybridized carbons (Fsp3) is 0.412. The van der Waals surface area contributed by atoms with E-state index in [0.29, 0.717) is 12.5 Å². The molecule has 1 N–H and O–H groups in total. The van der Waals surface area contributed by atoms with Gasteiger partial charge < -0.3 is 9.88 Å². The van der Waals surface area contributed by atoms with E-state index in [4.69, 9.17) is 5.26 Å². The van der Waals surface area contributed by atoms with Crippen LogP contribution in [0.25, 0.3) is 0 Å². The Labute approximate surface area is 155 Å². The molecular weight excluding hydrogens is 354 g/mol. The SMILES string of the molecule is C[C@@H](CC#N)Sc1ccccc1NC(=O)CSc1nncn1C1CC1. The predicted molar refractivity (Wildman–Crippen MR) is 99.6 cm³/mol. The predicted octanol–water partition coefficient (Wildman–Crippen LogP) is 3.74. The third-order valence-corrected chi connectivity index (χ3v) is 5.82. The van der Waals surface area contributed by atoms with Crippen molar-refractivity contribution in [2.75, 3.05) is 11.1 Å². The van der Waals surface area contributed by atoms with Gasteiger partial charge in [0.15, 0.2) is 5.16 Å². The van der Waals surface area contributed by atoms with Gasteiger partial charge in [0, 0.05) is 22.6 Å². The van der Waals surface area contributed by atoms with Crippen LogP contribution in [-0.4, -0.2) is 31.7 Å². The van der Waals surface area contributed by atoms with Crippen molar-refractivity contribution in [1.29, 1.82) is 5.26 Å². The molecule has 0 unspecified atom stereocenters. The number of nitrogens with one attached hydrogen (secondary N) is 1. The van der Waals surface area contributed by atoms with Crippen molar-refractivity contribution in [2.45, 2.75) is 47.5 Å². The molecule has 6 nitrogen and oxygen atoms in total. The van der Waals surface area contributed by atoms with E-state index in [-0.39, 0.29) is 16.9 Å². The fourth-order valence-electron chi connectivity index (χ4n) is 2.31. The molecule has 1 amide bonds. The minimum Gasteiger partial charge on any atom is -0.324 e. The Hall–Kier alpha value is -1.98. The highest BCUT2D eigenvalue weighted by atomic mass is 32.2. The van der Waals surface area contributed by atoms with Gasteiger partial charge in [0.2, 0.25) is 5.91 Å². The minimum atomic E-state index is -0.0728. The van der Waals surface area contributed by atoms with Crippen LogP contribution in [-0.2, 0) is 4.79 Å². The molecule has 1 saturated carbocycles. The van der Waals surface area contributed by atoms with Gasteiger partial charge in [0.1, 0.15) is 6.33 Å². The number of para-hydroxylation sites is 1. The number of anilines is 1. The normalized spacial score (nSPS) is 14.7. The van der Waals surface area contributed by atoms with Gasteiger partial charge in [-0.05, 0) is 25.0 Å². The van der Waals surface area contributed by atoms with Crippen LogP contribution in [0.1, 0.15) is 32.2 Å². The number of carbonyl (C=O) groups is 1. The molecule has 1 fully saturated rings. The largest absolute Gasteiger partial charge is 0.324 e. The lowest BCUT2D eigenvalue weighted by Crippen LogP contribution is -2.15. The zero-order chi connectivity index (χ0) is 17.6. The maximum absolute atomic E-state index is 12.3. The summed E-state index contributed by atoms with van der Waals surface area (Å²) in [5.74, 6) is 0.217. The molecule has 1 aliphatic carbocycles. The van der Waals surface area contributed by atoms with Gasteiger partial charge in [-0.1, -0.05) is 30.8 Å². The lowest BCUT2D eigenvalue weighted by atomic mass is 10.3. The molecule has 1 atom stereocenters. The van der Waals surface area contributed by atoms with Gasteiger partial charge in [-0.2, -0.15) is 5.26 Å². The summed E-state index contributed by atoms with van der Waals surface area (Å²) < 4.78 is 2.05. The molecule has 130 valence electrons. The molecule has 25 heavy (non-hydrogen) atoms. The third kappa shape index (κ3) is 5.00. The molecule has 0 bridgehead atoms. The summed E-state index contributed by atoms with van der Waals surface area (Å²) in [6.45, 7) is 2.01. The van der Waals surface area contributed by atoms with Gasteiger partial charge >= 0.3 is 0 Å². The molecule has 0 saturated heterocycles. The zero-order valence-corrected chi connectivity index (χ0v) is 15.5. The highest BCUT2D eigenvalue weighted by molar-refractivity contribution is 8.00. The second-order valence-electron chi connectivity index (χ2n) is 5.88. The average molecular weight is 374 g/mol. The first-order valence-electron chi connectivity index (χ1n) is 8.12. The van der Waals surface area contributed by atoms with E-state index in [1.165, 1.54) is 11.8 Å². The highest BCUT2D eigenvalue weighted by Gasteiger charge is 2.26. The lowest BCUT2D eigenvalue weighted by Gasteiger charge is -2.13. The van der Waals surface area contributed by atoms with Crippen molar-refractivity contribution in [2.24, 2.45) is 0 Å². The summed E-state index contributed by atoms with van der Waals surface area (Å²) in [6, 6.07) is 10.4. The number of aromatic nitrogens is 3. The second kappa shape index (κ2) is 8.41. The number of amides is 1. The van der Waals surface area contributed by atoms with Gasteiger partial charge in [0.05, 0.1) is 17.5 Å². The Kier molecular flexibility index (Phi) is 6.00. The van der Waals surface area contributed by atoms with Crippen molar-refractivity contribution >= 4 is 35.1 Å². The molecule has 8 heteroatoms. The molecule has 0 spiro atoms. The average Bonchev–Trinajstić information content (AvgIpc) is 3.33. The quantitative estimate of drug-likeness (QED) is 0.710. The van der Waals surface area contributed by atoms with Crippen molar-refractivity contribution in [3.05, 3.63) is 30.6 Å². The van der Waals surface area contributed by atoms with Crippen molar-refractivity contribution in [1.82, 2.24) is 14.8 Å². The number of thioether (sulfide) groups is 2. The summed E-state index contributed by atoms with van der Waals surface area (Å²) >= 11 is 3.00. The topological polar surface area (TPSA) is 83.6 Å². The number of carbonyl (C=O) groups excluding carboxylic acids is 1. The summed E-state index contributed by atoms with van der Waals surface area (Å²) in [5.41, 5.74) is 0.784. The number of nitriles is 1. The first kappa shape index (κ1) is 17.8. The summed E-state index contributed by atoms with van der Waals surface area (Å²) in [7, 11) is 0. The zero-order valence-electron chi connectivity index (χ0n) is 13.9. The number of hydrogen-bond donors (Lipinski definition) is 1. The molecule has 3 rings (SSSR count). The fourth-order valence-corrected chi connectivity index (χ4v) is 4.09. The van der Waals surface area contributed by atoms with Crippen LogP contribution in [0.2, 0.25) is 0 Å². The van der Waals surface area contributed by atoms with Crippen LogP contribution >= 0.6 is 23.5 Å². The summed E-state index contributed by atoms with van der Waals surface area (Å²) in [5, 5.41) is 20.8. The van der Waals surface area contributed by atoms with Crippen molar-refractivity contribution in [3.8, 4) is 6.07 Å². The summed E-state index contributed by atoms with van der Waals surface area (Å²) in [6.07, 6.45) is 4.52. The Morgan fingerprint density at radius 2 is 2.28 bits per heavy atom. The Morgan fingerprint density at radius 1 is 1.48 bits per heavy atom. The van der Waals surface area contributed by atoms with E-state index in [1.54, 1.807) is 18.1 Å². The van der Waals surface area contributed by atoms with Crippen LogP contribution in [0.15, 0.2) is 40.6 Å². The van der Waals surface area contributed by atoms with E-state index in [1.807, 2.05) is 35.8 Å². The van der Waals surface area contributed by atoms with E-state index in [2.05, 4.69) is 21.6 Å². The standard InChI is InChI=1S/C17H19N5OS2/c1-12(8-9-18)25-15-5-3-2-4-14(15)20-16(23)10-24-17-21-19-11-22(17)13-6-7-13/h2-5,11-13H,6-8,10H2,1H3,(H,20,23)/t12-/m0/s1. The van der Waals surface area contributed by atoms with E-state index < -0.39 is 0 Å². The van der Waals surface area contributed by atoms with Crippen LogP contribution in [0.5, 0.6) is 0 Å². The highest BCUT2D eigenvalue weighted by Crippen LogP contribution is 2.37. The van der Waals surface area contributed by atoms with Crippen molar-refractivity contribution < 1.29 is 4.79 Å². The second-order valence-corrected chi connectivity index (χ2v) is 8.30. The molecule has 0 radical (unpaired) electrons. The van der Waals surface area contributed by atoms with Crippen LogP contribution in [0.3, 0.4) is 0 Å². The number of rotatable bonds is 8. The Balaban J connectivity index is 1.57. The molecule has 1 aliphatic rings. The molecule has 1 heterocycles. The maximum Gasteiger partial charge on any atom is 0.234 e.